The maximum Gasteiger partial charge on any atom is 0.251 e. The Labute approximate surface area is 96.3 Å². The van der Waals surface area contributed by atoms with E-state index in [1.165, 1.54) is 0 Å². The molecule has 0 atom stereocenters. The predicted octanol–water partition coefficient (Wildman–Crippen LogP) is 1.33. The number of aromatic nitrogens is 1. The molecule has 0 spiro atoms. The summed E-state index contributed by atoms with van der Waals surface area (Å²) in [5, 5.41) is 2.88. The first-order valence-electron chi connectivity index (χ1n) is 5.73. The highest BCUT2D eigenvalue weighted by Gasteiger charge is 2.02. The van der Waals surface area contributed by atoms with Crippen LogP contribution in [0.1, 0.15) is 36.0 Å². The maximum absolute atomic E-state index is 11.6. The van der Waals surface area contributed by atoms with E-state index in [9.17, 15) is 4.79 Å². The standard InChI is InChI=1S/C12H19N3O/c13-7-3-1-2-4-8-15-12(16)11-5-9-14-10-6-11/h5-6,9-10H,1-4,7-8,13H2,(H,15,16). The number of nitrogens with two attached hydrogens (primary N) is 1. The average molecular weight is 221 g/mol. The fourth-order valence-electron chi connectivity index (χ4n) is 1.43. The second-order valence-electron chi connectivity index (χ2n) is 3.69. The van der Waals surface area contributed by atoms with E-state index < -0.39 is 0 Å². The van der Waals surface area contributed by atoms with Crippen LogP contribution in [0, 0.1) is 0 Å². The number of nitrogens with one attached hydrogen (secondary N) is 1. The molecule has 0 aliphatic carbocycles. The average Bonchev–Trinajstić information content (AvgIpc) is 2.34. The molecule has 1 aromatic heterocycles. The van der Waals surface area contributed by atoms with Crippen LogP contribution < -0.4 is 11.1 Å². The van der Waals surface area contributed by atoms with Gasteiger partial charge in [-0.15, -0.1) is 0 Å². The Kier molecular flexibility index (Phi) is 6.18. The van der Waals surface area contributed by atoms with E-state index in [4.69, 9.17) is 5.73 Å². The second kappa shape index (κ2) is 7.82. The van der Waals surface area contributed by atoms with Crippen molar-refractivity contribution in [1.29, 1.82) is 0 Å². The molecule has 0 aliphatic heterocycles. The minimum Gasteiger partial charge on any atom is -0.352 e. The molecule has 0 aromatic carbocycles. The van der Waals surface area contributed by atoms with Crippen LogP contribution in [0.25, 0.3) is 0 Å². The summed E-state index contributed by atoms with van der Waals surface area (Å²) in [6.45, 7) is 1.48. The van der Waals surface area contributed by atoms with Crippen LogP contribution in [-0.4, -0.2) is 24.0 Å². The lowest BCUT2D eigenvalue weighted by atomic mass is 10.2. The van der Waals surface area contributed by atoms with Gasteiger partial charge in [-0.2, -0.15) is 0 Å². The molecule has 4 nitrogen and oxygen atoms in total. The Morgan fingerprint density at radius 1 is 1.19 bits per heavy atom. The summed E-state index contributed by atoms with van der Waals surface area (Å²) >= 11 is 0. The summed E-state index contributed by atoms with van der Waals surface area (Å²) in [5.41, 5.74) is 6.06. The van der Waals surface area contributed by atoms with Crippen LogP contribution in [-0.2, 0) is 0 Å². The second-order valence-corrected chi connectivity index (χ2v) is 3.69. The van der Waals surface area contributed by atoms with Gasteiger partial charge in [0.1, 0.15) is 0 Å². The van der Waals surface area contributed by atoms with Gasteiger partial charge in [0.25, 0.3) is 5.91 Å². The van der Waals surface area contributed by atoms with Crippen molar-refractivity contribution in [3.63, 3.8) is 0 Å². The van der Waals surface area contributed by atoms with Crippen molar-refractivity contribution >= 4 is 5.91 Å². The maximum atomic E-state index is 11.6. The van der Waals surface area contributed by atoms with Crippen LogP contribution in [0.5, 0.6) is 0 Å². The highest BCUT2D eigenvalue weighted by molar-refractivity contribution is 5.93. The normalized spacial score (nSPS) is 10.1. The molecule has 1 aromatic rings. The lowest BCUT2D eigenvalue weighted by molar-refractivity contribution is 0.0953. The van der Waals surface area contributed by atoms with Crippen LogP contribution in [0.3, 0.4) is 0 Å². The fraction of sp³-hybridized carbons (Fsp3) is 0.500. The number of nitrogens with zero attached hydrogens (tertiary/aromatic N) is 1. The lowest BCUT2D eigenvalue weighted by Crippen LogP contribution is -2.24. The fourth-order valence-corrected chi connectivity index (χ4v) is 1.43. The molecule has 1 heterocycles. The zero-order valence-corrected chi connectivity index (χ0v) is 9.48. The van der Waals surface area contributed by atoms with Gasteiger partial charge in [0.15, 0.2) is 0 Å². The molecule has 0 fully saturated rings. The number of pyridine rings is 1. The summed E-state index contributed by atoms with van der Waals surface area (Å²) < 4.78 is 0. The van der Waals surface area contributed by atoms with Crippen molar-refractivity contribution < 1.29 is 4.79 Å². The summed E-state index contributed by atoms with van der Waals surface area (Å²) in [5.74, 6) is -0.0266. The topological polar surface area (TPSA) is 68.0 Å². The third kappa shape index (κ3) is 4.89. The molecule has 0 radical (unpaired) electrons. The van der Waals surface area contributed by atoms with Gasteiger partial charge in [0.05, 0.1) is 0 Å². The minimum absolute atomic E-state index is 0.0266. The third-order valence-corrected chi connectivity index (χ3v) is 2.36. The zero-order valence-electron chi connectivity index (χ0n) is 9.48. The zero-order chi connectivity index (χ0) is 11.6. The molecular formula is C12H19N3O. The molecule has 4 heteroatoms. The monoisotopic (exact) mass is 221 g/mol. The van der Waals surface area contributed by atoms with Crippen LogP contribution in [0.15, 0.2) is 24.5 Å². The quantitative estimate of drug-likeness (QED) is 0.682. The van der Waals surface area contributed by atoms with Crippen LogP contribution in [0.2, 0.25) is 0 Å². The number of carbonyl (C=O) groups is 1. The van der Waals surface area contributed by atoms with Gasteiger partial charge in [-0.1, -0.05) is 12.8 Å². The summed E-state index contributed by atoms with van der Waals surface area (Å²) in [6.07, 6.45) is 7.58. The van der Waals surface area contributed by atoms with Crippen LogP contribution in [0.4, 0.5) is 0 Å². The van der Waals surface area contributed by atoms with Gasteiger partial charge in [0, 0.05) is 24.5 Å². The predicted molar refractivity (Wildman–Crippen MR) is 64.1 cm³/mol. The summed E-state index contributed by atoms with van der Waals surface area (Å²) in [6, 6.07) is 3.42. The summed E-state index contributed by atoms with van der Waals surface area (Å²) in [7, 11) is 0. The van der Waals surface area contributed by atoms with Gasteiger partial charge < -0.3 is 11.1 Å². The van der Waals surface area contributed by atoms with Crippen molar-refractivity contribution in [3.05, 3.63) is 30.1 Å². The molecule has 16 heavy (non-hydrogen) atoms. The number of amides is 1. The Balaban J connectivity index is 2.12. The SMILES string of the molecule is NCCCCCCNC(=O)c1ccncc1. The molecule has 1 amide bonds. The molecule has 88 valence electrons. The number of hydrogen-bond donors (Lipinski definition) is 2. The van der Waals surface area contributed by atoms with Crippen molar-refractivity contribution in [3.8, 4) is 0 Å². The lowest BCUT2D eigenvalue weighted by Gasteiger charge is -2.04. The van der Waals surface area contributed by atoms with Gasteiger partial charge in [0.2, 0.25) is 0 Å². The Morgan fingerprint density at radius 3 is 2.56 bits per heavy atom. The van der Waals surface area contributed by atoms with Gasteiger partial charge in [-0.05, 0) is 31.5 Å². The molecule has 0 bridgehead atoms. The highest BCUT2D eigenvalue weighted by Crippen LogP contribution is 1.99. The van der Waals surface area contributed by atoms with E-state index in [-0.39, 0.29) is 5.91 Å². The highest BCUT2D eigenvalue weighted by atomic mass is 16.1. The number of rotatable bonds is 7. The third-order valence-electron chi connectivity index (χ3n) is 2.36. The molecule has 0 unspecified atom stereocenters. The van der Waals surface area contributed by atoms with Crippen LogP contribution >= 0.6 is 0 Å². The number of unbranched alkanes of at least 4 members (excludes halogenated alkanes) is 3. The summed E-state index contributed by atoms with van der Waals surface area (Å²) in [4.78, 5) is 15.4. The van der Waals surface area contributed by atoms with E-state index in [1.807, 2.05) is 0 Å². The van der Waals surface area contributed by atoms with E-state index in [2.05, 4.69) is 10.3 Å². The van der Waals surface area contributed by atoms with Crippen molar-refractivity contribution in [1.82, 2.24) is 10.3 Å². The van der Waals surface area contributed by atoms with Crippen molar-refractivity contribution in [2.75, 3.05) is 13.1 Å². The van der Waals surface area contributed by atoms with Gasteiger partial charge in [-0.3, -0.25) is 9.78 Å². The Bertz CT molecular complexity index is 300. The Hall–Kier alpha value is -1.42. The molecule has 0 saturated carbocycles. The van der Waals surface area contributed by atoms with Gasteiger partial charge >= 0.3 is 0 Å². The first-order valence-corrected chi connectivity index (χ1v) is 5.73. The Morgan fingerprint density at radius 2 is 1.88 bits per heavy atom. The number of hydrogen-bond acceptors (Lipinski definition) is 3. The molecule has 3 N–H and O–H groups in total. The molecule has 0 aliphatic rings. The van der Waals surface area contributed by atoms with Gasteiger partial charge in [-0.25, -0.2) is 0 Å². The smallest absolute Gasteiger partial charge is 0.251 e. The molecule has 1 rings (SSSR count). The van der Waals surface area contributed by atoms with E-state index in [0.29, 0.717) is 5.56 Å². The van der Waals surface area contributed by atoms with E-state index >= 15 is 0 Å². The number of carbonyl (C=O) groups excluding carboxylic acids is 1. The first-order chi connectivity index (χ1) is 7.84. The largest absolute Gasteiger partial charge is 0.352 e. The van der Waals surface area contributed by atoms with Crippen molar-refractivity contribution in [2.24, 2.45) is 5.73 Å². The van der Waals surface area contributed by atoms with E-state index in [1.54, 1.807) is 24.5 Å². The molecular weight excluding hydrogens is 202 g/mol. The van der Waals surface area contributed by atoms with Crippen molar-refractivity contribution in [2.45, 2.75) is 25.7 Å². The first kappa shape index (κ1) is 12.6. The van der Waals surface area contributed by atoms with E-state index in [0.717, 1.165) is 38.8 Å². The molecule has 0 saturated heterocycles. The minimum atomic E-state index is -0.0266.